The van der Waals surface area contributed by atoms with Crippen LogP contribution in [0.3, 0.4) is 0 Å². The normalized spacial score (nSPS) is 14.9. The van der Waals surface area contributed by atoms with Gasteiger partial charge in [-0.3, -0.25) is 9.59 Å². The molecule has 1 fully saturated rings. The Hall–Kier alpha value is -1.49. The number of nitrogens with one attached hydrogen (secondary N) is 1. The monoisotopic (exact) mass is 307 g/mol. The SMILES string of the molecule is Cc1cccc(NC(=O)CSCC(=O)OC2CCCC2)c1. The summed E-state index contributed by atoms with van der Waals surface area (Å²) in [6, 6.07) is 7.64. The smallest absolute Gasteiger partial charge is 0.316 e. The maximum absolute atomic E-state index is 11.8. The number of carbonyl (C=O) groups excluding carboxylic acids is 2. The zero-order valence-corrected chi connectivity index (χ0v) is 13.1. The number of carbonyl (C=O) groups is 2. The molecule has 1 aliphatic carbocycles. The minimum atomic E-state index is -0.213. The molecule has 21 heavy (non-hydrogen) atoms. The van der Waals surface area contributed by atoms with E-state index in [1.54, 1.807) is 0 Å². The fraction of sp³-hybridized carbons (Fsp3) is 0.500. The van der Waals surface area contributed by atoms with Gasteiger partial charge in [0.15, 0.2) is 0 Å². The molecule has 114 valence electrons. The predicted octanol–water partition coefficient (Wildman–Crippen LogP) is 3.15. The molecule has 0 aliphatic heterocycles. The van der Waals surface area contributed by atoms with Gasteiger partial charge in [0.05, 0.1) is 11.5 Å². The van der Waals surface area contributed by atoms with Crippen molar-refractivity contribution in [2.75, 3.05) is 16.8 Å². The summed E-state index contributed by atoms with van der Waals surface area (Å²) < 4.78 is 5.34. The highest BCUT2D eigenvalue weighted by Crippen LogP contribution is 2.21. The van der Waals surface area contributed by atoms with E-state index < -0.39 is 0 Å². The van der Waals surface area contributed by atoms with Gasteiger partial charge in [-0.15, -0.1) is 11.8 Å². The van der Waals surface area contributed by atoms with Crippen LogP contribution in [0.1, 0.15) is 31.2 Å². The number of ether oxygens (including phenoxy) is 1. The molecule has 0 bridgehead atoms. The maximum Gasteiger partial charge on any atom is 0.316 e. The third-order valence-electron chi connectivity index (χ3n) is 3.36. The molecule has 5 heteroatoms. The quantitative estimate of drug-likeness (QED) is 0.820. The van der Waals surface area contributed by atoms with E-state index in [4.69, 9.17) is 4.74 Å². The van der Waals surface area contributed by atoms with Crippen molar-refractivity contribution in [2.45, 2.75) is 38.7 Å². The van der Waals surface area contributed by atoms with E-state index in [9.17, 15) is 9.59 Å². The van der Waals surface area contributed by atoms with Gasteiger partial charge in [-0.25, -0.2) is 0 Å². The van der Waals surface area contributed by atoms with Crippen LogP contribution in [0.2, 0.25) is 0 Å². The molecular weight excluding hydrogens is 286 g/mol. The van der Waals surface area contributed by atoms with Gasteiger partial charge in [-0.2, -0.15) is 0 Å². The molecule has 1 N–H and O–H groups in total. The summed E-state index contributed by atoms with van der Waals surface area (Å²) in [5.74, 6) is 0.181. The molecule has 1 aromatic carbocycles. The van der Waals surface area contributed by atoms with Crippen molar-refractivity contribution in [3.05, 3.63) is 29.8 Å². The van der Waals surface area contributed by atoms with Crippen LogP contribution in [0, 0.1) is 6.92 Å². The lowest BCUT2D eigenvalue weighted by molar-refractivity contribution is -0.145. The first-order chi connectivity index (χ1) is 10.1. The van der Waals surface area contributed by atoms with E-state index in [1.807, 2.05) is 31.2 Å². The number of aryl methyl sites for hydroxylation is 1. The molecule has 1 aliphatic rings. The third kappa shape index (κ3) is 5.79. The van der Waals surface area contributed by atoms with Crippen LogP contribution in [0.15, 0.2) is 24.3 Å². The maximum atomic E-state index is 11.8. The average molecular weight is 307 g/mol. The Bertz CT molecular complexity index is 498. The number of amides is 1. The number of benzene rings is 1. The zero-order chi connectivity index (χ0) is 15.1. The standard InChI is InChI=1S/C16H21NO3S/c1-12-5-4-6-13(9-12)17-15(18)10-21-11-16(19)20-14-7-2-3-8-14/h4-6,9,14H,2-3,7-8,10-11H2,1H3,(H,17,18). The number of hydrogen-bond donors (Lipinski definition) is 1. The summed E-state index contributed by atoms with van der Waals surface area (Å²) in [5.41, 5.74) is 1.88. The van der Waals surface area contributed by atoms with E-state index in [1.165, 1.54) is 11.8 Å². The summed E-state index contributed by atoms with van der Waals surface area (Å²) in [6.45, 7) is 1.98. The molecule has 0 aromatic heterocycles. The molecule has 2 rings (SSSR count). The van der Waals surface area contributed by atoms with Crippen LogP contribution in [-0.2, 0) is 14.3 Å². The van der Waals surface area contributed by atoms with Crippen molar-refractivity contribution in [2.24, 2.45) is 0 Å². The van der Waals surface area contributed by atoms with Crippen molar-refractivity contribution in [3.63, 3.8) is 0 Å². The lowest BCUT2D eigenvalue weighted by atomic mass is 10.2. The summed E-state index contributed by atoms with van der Waals surface area (Å²) in [4.78, 5) is 23.4. The number of hydrogen-bond acceptors (Lipinski definition) is 4. The van der Waals surface area contributed by atoms with Gasteiger partial charge in [0.2, 0.25) is 5.91 Å². The van der Waals surface area contributed by atoms with Gasteiger partial charge in [0.1, 0.15) is 6.10 Å². The van der Waals surface area contributed by atoms with Gasteiger partial charge in [-0.05, 0) is 50.3 Å². The summed E-state index contributed by atoms with van der Waals surface area (Å²) in [7, 11) is 0. The van der Waals surface area contributed by atoms with Crippen LogP contribution < -0.4 is 5.32 Å². The Balaban J connectivity index is 1.63. The Kier molecular flexibility index (Phi) is 6.11. The lowest BCUT2D eigenvalue weighted by Crippen LogP contribution is -2.19. The highest BCUT2D eigenvalue weighted by atomic mass is 32.2. The first kappa shape index (κ1) is 15.9. The van der Waals surface area contributed by atoms with Gasteiger partial charge in [0.25, 0.3) is 0 Å². The number of rotatable bonds is 6. The van der Waals surface area contributed by atoms with Gasteiger partial charge >= 0.3 is 5.97 Å². The molecular formula is C16H21NO3S. The molecule has 0 spiro atoms. The topological polar surface area (TPSA) is 55.4 Å². The zero-order valence-electron chi connectivity index (χ0n) is 12.3. The van der Waals surface area contributed by atoms with Gasteiger partial charge in [-0.1, -0.05) is 12.1 Å². The van der Waals surface area contributed by atoms with Crippen LogP contribution in [0.5, 0.6) is 0 Å². The summed E-state index contributed by atoms with van der Waals surface area (Å²) in [6.07, 6.45) is 4.34. The number of esters is 1. The molecule has 1 saturated carbocycles. The molecule has 0 saturated heterocycles. The van der Waals surface area contributed by atoms with Crippen molar-refractivity contribution in [1.82, 2.24) is 0 Å². The Labute approximate surface area is 129 Å². The van der Waals surface area contributed by atoms with E-state index in [0.717, 1.165) is 36.9 Å². The molecule has 1 amide bonds. The highest BCUT2D eigenvalue weighted by Gasteiger charge is 2.19. The first-order valence-electron chi connectivity index (χ1n) is 7.27. The van der Waals surface area contributed by atoms with E-state index >= 15 is 0 Å². The van der Waals surface area contributed by atoms with E-state index in [0.29, 0.717) is 0 Å². The number of anilines is 1. The lowest BCUT2D eigenvalue weighted by Gasteiger charge is -2.11. The fourth-order valence-electron chi connectivity index (χ4n) is 2.37. The van der Waals surface area contributed by atoms with Gasteiger partial charge < -0.3 is 10.1 Å². The van der Waals surface area contributed by atoms with Crippen LogP contribution >= 0.6 is 11.8 Å². The molecule has 0 radical (unpaired) electrons. The average Bonchev–Trinajstić information content (AvgIpc) is 2.91. The third-order valence-corrected chi connectivity index (χ3v) is 4.26. The first-order valence-corrected chi connectivity index (χ1v) is 8.43. The van der Waals surface area contributed by atoms with Crippen molar-refractivity contribution >= 4 is 29.3 Å². The van der Waals surface area contributed by atoms with Crippen LogP contribution in [0.25, 0.3) is 0 Å². The fourth-order valence-corrected chi connectivity index (χ4v) is 2.97. The Morgan fingerprint density at radius 1 is 1.29 bits per heavy atom. The summed E-state index contributed by atoms with van der Waals surface area (Å²) in [5, 5.41) is 2.82. The van der Waals surface area contributed by atoms with Crippen molar-refractivity contribution < 1.29 is 14.3 Å². The minimum Gasteiger partial charge on any atom is -0.462 e. The largest absolute Gasteiger partial charge is 0.462 e. The molecule has 0 heterocycles. The molecule has 1 aromatic rings. The highest BCUT2D eigenvalue weighted by molar-refractivity contribution is 8.00. The minimum absolute atomic E-state index is 0.0965. The number of thioether (sulfide) groups is 1. The predicted molar refractivity (Wildman–Crippen MR) is 85.5 cm³/mol. The van der Waals surface area contributed by atoms with E-state index in [-0.39, 0.29) is 29.5 Å². The second kappa shape index (κ2) is 8.08. The molecule has 4 nitrogen and oxygen atoms in total. The Morgan fingerprint density at radius 3 is 2.76 bits per heavy atom. The van der Waals surface area contributed by atoms with Crippen molar-refractivity contribution in [1.29, 1.82) is 0 Å². The van der Waals surface area contributed by atoms with E-state index in [2.05, 4.69) is 5.32 Å². The van der Waals surface area contributed by atoms with Crippen molar-refractivity contribution in [3.8, 4) is 0 Å². The van der Waals surface area contributed by atoms with Crippen LogP contribution in [-0.4, -0.2) is 29.5 Å². The summed E-state index contributed by atoms with van der Waals surface area (Å²) >= 11 is 1.29. The second-order valence-corrected chi connectivity index (χ2v) is 6.29. The van der Waals surface area contributed by atoms with Crippen LogP contribution in [0.4, 0.5) is 5.69 Å². The molecule has 0 unspecified atom stereocenters. The Morgan fingerprint density at radius 2 is 2.05 bits per heavy atom. The molecule has 0 atom stereocenters. The second-order valence-electron chi connectivity index (χ2n) is 5.31. The van der Waals surface area contributed by atoms with Gasteiger partial charge in [0, 0.05) is 5.69 Å².